The van der Waals surface area contributed by atoms with Crippen LogP contribution in [-0.2, 0) is 0 Å². The van der Waals surface area contributed by atoms with Crippen LogP contribution in [0.2, 0.25) is 0 Å². The summed E-state index contributed by atoms with van der Waals surface area (Å²) in [4.78, 5) is 3.31. The summed E-state index contributed by atoms with van der Waals surface area (Å²) >= 11 is 0. The zero-order chi connectivity index (χ0) is 14.0. The monoisotopic (exact) mass is 250 g/mol. The van der Waals surface area contributed by atoms with Crippen molar-refractivity contribution >= 4 is 5.57 Å². The van der Waals surface area contributed by atoms with Crippen molar-refractivity contribution in [3.63, 3.8) is 0 Å². The molecule has 1 aliphatic heterocycles. The molecule has 0 spiro atoms. The molecule has 3 nitrogen and oxygen atoms in total. The lowest BCUT2D eigenvalue weighted by molar-refractivity contribution is 0.290. The van der Waals surface area contributed by atoms with Gasteiger partial charge in [0.2, 0.25) is 0 Å². The number of benzene rings is 1. The first-order valence-electron chi connectivity index (χ1n) is 5.98. The molecule has 19 heavy (non-hydrogen) atoms. The number of fused-ring (bicyclic) bond motifs is 1. The van der Waals surface area contributed by atoms with Crippen molar-refractivity contribution in [3.8, 4) is 11.8 Å². The van der Waals surface area contributed by atoms with Gasteiger partial charge in [-0.3, -0.25) is 0 Å². The Kier molecular flexibility index (Phi) is 3.15. The molecule has 0 aromatic heterocycles. The van der Waals surface area contributed by atoms with Crippen molar-refractivity contribution in [1.29, 1.82) is 5.26 Å². The molecule has 0 N–H and O–H groups in total. The molecule has 1 aromatic carbocycles. The summed E-state index contributed by atoms with van der Waals surface area (Å²) in [6.45, 7) is 13.2. The van der Waals surface area contributed by atoms with E-state index in [-0.39, 0.29) is 11.1 Å². The van der Waals surface area contributed by atoms with Crippen molar-refractivity contribution in [3.05, 3.63) is 58.8 Å². The predicted octanol–water partition coefficient (Wildman–Crippen LogP) is 4.16. The highest BCUT2D eigenvalue weighted by Crippen LogP contribution is 2.40. The van der Waals surface area contributed by atoms with Crippen LogP contribution in [0, 0.1) is 23.3 Å². The molecule has 0 radical (unpaired) electrons. The lowest BCUT2D eigenvalue weighted by Gasteiger charge is -2.28. The summed E-state index contributed by atoms with van der Waals surface area (Å²) in [5.41, 5.74) is 1.35. The van der Waals surface area contributed by atoms with Crippen molar-refractivity contribution in [1.82, 2.24) is 0 Å². The average molecular weight is 250 g/mol. The van der Waals surface area contributed by atoms with Crippen molar-refractivity contribution in [2.24, 2.45) is 5.41 Å². The second-order valence-electron chi connectivity index (χ2n) is 5.34. The molecule has 0 atom stereocenters. The van der Waals surface area contributed by atoms with E-state index in [0.717, 1.165) is 11.3 Å². The second kappa shape index (κ2) is 4.63. The molecule has 1 heterocycles. The van der Waals surface area contributed by atoms with Gasteiger partial charge in [0.1, 0.15) is 11.5 Å². The Hall–Kier alpha value is -2.52. The summed E-state index contributed by atoms with van der Waals surface area (Å²) < 4.78 is 5.88. The van der Waals surface area contributed by atoms with E-state index >= 15 is 0 Å². The van der Waals surface area contributed by atoms with Gasteiger partial charge in [-0.15, -0.1) is 0 Å². The van der Waals surface area contributed by atoms with E-state index < -0.39 is 0 Å². The second-order valence-corrected chi connectivity index (χ2v) is 5.34. The van der Waals surface area contributed by atoms with Crippen LogP contribution in [0.1, 0.15) is 26.3 Å². The van der Waals surface area contributed by atoms with Crippen LogP contribution in [0.4, 0.5) is 0 Å². The average Bonchev–Trinajstić information content (AvgIpc) is 2.38. The quantitative estimate of drug-likeness (QED) is 0.512. The van der Waals surface area contributed by atoms with Gasteiger partial charge in [0.15, 0.2) is 0 Å². The summed E-state index contributed by atoms with van der Waals surface area (Å²) in [6, 6.07) is 9.43. The molecule has 0 unspecified atom stereocenters. The molecule has 0 saturated heterocycles. The maximum atomic E-state index is 9.10. The minimum atomic E-state index is -0.179. The zero-order valence-electron chi connectivity index (χ0n) is 11.2. The highest BCUT2D eigenvalue weighted by Gasteiger charge is 2.26. The lowest BCUT2D eigenvalue weighted by Crippen LogP contribution is -2.18. The fourth-order valence-electron chi connectivity index (χ4n) is 1.85. The topological polar surface area (TPSA) is 37.4 Å². The number of ether oxygens (including phenoxy) is 1. The first kappa shape index (κ1) is 12.9. The van der Waals surface area contributed by atoms with Crippen molar-refractivity contribution in [2.45, 2.75) is 20.8 Å². The van der Waals surface area contributed by atoms with Crippen LogP contribution in [0.5, 0.6) is 5.75 Å². The van der Waals surface area contributed by atoms with Gasteiger partial charge in [-0.1, -0.05) is 39.0 Å². The molecule has 0 aliphatic carbocycles. The van der Waals surface area contributed by atoms with E-state index in [9.17, 15) is 0 Å². The Morgan fingerprint density at radius 3 is 2.58 bits per heavy atom. The number of hydrogen-bond donors (Lipinski definition) is 0. The predicted molar refractivity (Wildman–Crippen MR) is 73.7 cm³/mol. The third kappa shape index (κ3) is 2.37. The van der Waals surface area contributed by atoms with Crippen LogP contribution in [0.25, 0.3) is 10.4 Å². The number of nitriles is 1. The van der Waals surface area contributed by atoms with Gasteiger partial charge in [0.25, 0.3) is 5.70 Å². The molecular weight excluding hydrogens is 236 g/mol. The molecule has 94 valence electrons. The van der Waals surface area contributed by atoms with E-state index in [4.69, 9.17) is 16.6 Å². The molecule has 2 rings (SSSR count). The maximum absolute atomic E-state index is 9.10. The van der Waals surface area contributed by atoms with E-state index in [1.165, 1.54) is 0 Å². The standard InChI is InChI=1S/C16H14N2O/c1-16(2,3)15-9-12(13(10-17)18-4)11-7-5-6-8-14(11)19-15/h5-9H,1-3H3/b13-12-. The van der Waals surface area contributed by atoms with Crippen molar-refractivity contribution < 1.29 is 4.74 Å². The van der Waals surface area contributed by atoms with Gasteiger partial charge < -0.3 is 4.74 Å². The molecule has 1 aliphatic rings. The Morgan fingerprint density at radius 2 is 2.00 bits per heavy atom. The highest BCUT2D eigenvalue weighted by molar-refractivity contribution is 5.85. The van der Waals surface area contributed by atoms with E-state index in [0.29, 0.717) is 11.3 Å². The largest absolute Gasteiger partial charge is 0.461 e. The van der Waals surface area contributed by atoms with Crippen LogP contribution < -0.4 is 4.74 Å². The molecule has 0 saturated carbocycles. The summed E-state index contributed by atoms with van der Waals surface area (Å²) in [7, 11) is 0. The van der Waals surface area contributed by atoms with Gasteiger partial charge in [-0.25, -0.2) is 10.1 Å². The van der Waals surface area contributed by atoms with Gasteiger partial charge in [-0.05, 0) is 12.1 Å². The fourth-order valence-corrected chi connectivity index (χ4v) is 1.85. The van der Waals surface area contributed by atoms with Gasteiger partial charge in [-0.2, -0.15) is 0 Å². The normalized spacial score (nSPS) is 16.4. The Morgan fingerprint density at radius 1 is 1.32 bits per heavy atom. The summed E-state index contributed by atoms with van der Waals surface area (Å²) in [5, 5.41) is 9.10. The SMILES string of the molecule is [C-]#[N+]/C(C#N)=C1/C=C(C(C)(C)C)Oc2ccccc21. The first-order valence-corrected chi connectivity index (χ1v) is 5.98. The number of rotatable bonds is 0. The number of hydrogen-bond acceptors (Lipinski definition) is 2. The Bertz CT molecular complexity index is 645. The zero-order valence-corrected chi connectivity index (χ0v) is 11.2. The third-order valence-electron chi connectivity index (χ3n) is 2.88. The van der Waals surface area contributed by atoms with Crippen molar-refractivity contribution in [2.75, 3.05) is 0 Å². The highest BCUT2D eigenvalue weighted by atomic mass is 16.5. The summed E-state index contributed by atoms with van der Waals surface area (Å²) in [5.74, 6) is 1.46. The fraction of sp³-hybridized carbons (Fsp3) is 0.250. The van der Waals surface area contributed by atoms with Crippen LogP contribution in [-0.4, -0.2) is 0 Å². The Labute approximate surface area is 113 Å². The minimum absolute atomic E-state index is 0.0949. The number of allylic oxidation sites excluding steroid dienone is 4. The minimum Gasteiger partial charge on any atom is -0.461 e. The van der Waals surface area contributed by atoms with Crippen LogP contribution >= 0.6 is 0 Å². The van der Waals surface area contributed by atoms with Crippen LogP contribution in [0.15, 0.2) is 41.8 Å². The molecule has 3 heteroatoms. The molecule has 0 amide bonds. The van der Waals surface area contributed by atoms with E-state index in [1.54, 1.807) is 6.08 Å². The Balaban J connectivity index is 2.72. The number of para-hydroxylation sites is 1. The van der Waals surface area contributed by atoms with Gasteiger partial charge in [0, 0.05) is 16.6 Å². The molecule has 0 fully saturated rings. The molecule has 1 aromatic rings. The maximum Gasteiger partial charge on any atom is 0.269 e. The lowest BCUT2D eigenvalue weighted by atomic mass is 9.89. The first-order chi connectivity index (χ1) is 8.97. The van der Waals surface area contributed by atoms with Gasteiger partial charge in [0.05, 0.1) is 12.6 Å². The number of nitrogens with zero attached hydrogens (tertiary/aromatic N) is 2. The van der Waals surface area contributed by atoms with E-state index in [2.05, 4.69) is 4.85 Å². The van der Waals surface area contributed by atoms with Gasteiger partial charge >= 0.3 is 0 Å². The molecule has 0 bridgehead atoms. The summed E-state index contributed by atoms with van der Waals surface area (Å²) in [6.07, 6.45) is 1.80. The smallest absolute Gasteiger partial charge is 0.269 e. The third-order valence-corrected chi connectivity index (χ3v) is 2.88. The molecular formula is C16H14N2O. The van der Waals surface area contributed by atoms with Crippen LogP contribution in [0.3, 0.4) is 0 Å². The van der Waals surface area contributed by atoms with E-state index in [1.807, 2.05) is 51.1 Å².